The fourth-order valence-corrected chi connectivity index (χ4v) is 3.97. The van der Waals surface area contributed by atoms with Crippen molar-refractivity contribution in [3.63, 3.8) is 0 Å². The highest BCUT2D eigenvalue weighted by Gasteiger charge is 2.24. The summed E-state index contributed by atoms with van der Waals surface area (Å²) in [4.78, 5) is -0.240. The van der Waals surface area contributed by atoms with Crippen LogP contribution in [0.3, 0.4) is 0 Å². The quantitative estimate of drug-likeness (QED) is 0.779. The van der Waals surface area contributed by atoms with Crippen molar-refractivity contribution >= 4 is 25.5 Å². The molecule has 0 amide bonds. The van der Waals surface area contributed by atoms with Crippen LogP contribution in [0.2, 0.25) is 0 Å². The molecule has 0 saturated heterocycles. The van der Waals surface area contributed by atoms with Crippen LogP contribution in [0.1, 0.15) is 19.3 Å². The van der Waals surface area contributed by atoms with E-state index >= 15 is 0 Å². The van der Waals surface area contributed by atoms with Gasteiger partial charge in [0, 0.05) is 12.8 Å². The first-order valence-corrected chi connectivity index (χ1v) is 9.67. The molecule has 0 bridgehead atoms. The van der Waals surface area contributed by atoms with Crippen LogP contribution >= 0.6 is 0 Å². The molecule has 0 heterocycles. The van der Waals surface area contributed by atoms with Crippen LogP contribution in [0.15, 0.2) is 28.0 Å². The van der Waals surface area contributed by atoms with E-state index in [0.29, 0.717) is 12.5 Å². The van der Waals surface area contributed by atoms with Gasteiger partial charge in [-0.2, -0.15) is 0 Å². The third kappa shape index (κ3) is 3.31. The maximum atomic E-state index is 12.2. The van der Waals surface area contributed by atoms with Crippen molar-refractivity contribution in [2.45, 2.75) is 29.1 Å². The Morgan fingerprint density at radius 1 is 1.25 bits per heavy atom. The number of sulfone groups is 1. The summed E-state index contributed by atoms with van der Waals surface area (Å²) >= 11 is 0. The Balaban J connectivity index is 2.29. The Kier molecular flexibility index (Phi) is 4.08. The van der Waals surface area contributed by atoms with Crippen LogP contribution in [0.25, 0.3) is 0 Å². The van der Waals surface area contributed by atoms with Gasteiger partial charge in [0.05, 0.1) is 10.6 Å². The SMILES string of the molecule is CS(=O)(=O)c1ccc(N)c(S(=O)(=O)NCC2CCC2)c1. The number of nitrogen functional groups attached to an aromatic ring is 1. The van der Waals surface area contributed by atoms with Crippen LogP contribution in [-0.2, 0) is 19.9 Å². The Morgan fingerprint density at radius 3 is 2.40 bits per heavy atom. The average Bonchev–Trinajstić information content (AvgIpc) is 2.25. The number of hydrogen-bond donors (Lipinski definition) is 2. The molecular weight excluding hydrogens is 300 g/mol. The van der Waals surface area contributed by atoms with Crippen molar-refractivity contribution < 1.29 is 16.8 Å². The Hall–Kier alpha value is -1.12. The molecule has 1 aromatic carbocycles. The second kappa shape index (κ2) is 5.34. The molecule has 3 N–H and O–H groups in total. The lowest BCUT2D eigenvalue weighted by atomic mass is 9.86. The highest BCUT2D eigenvalue weighted by molar-refractivity contribution is 7.91. The standard InChI is InChI=1S/C12H18N2O4S2/c1-19(15,16)10-5-6-11(13)12(7-10)20(17,18)14-8-9-3-2-4-9/h5-7,9,14H,2-4,8,13H2,1H3. The van der Waals surface area contributed by atoms with Gasteiger partial charge in [-0.15, -0.1) is 0 Å². The van der Waals surface area contributed by atoms with E-state index in [1.807, 2.05) is 0 Å². The van der Waals surface area contributed by atoms with Gasteiger partial charge >= 0.3 is 0 Å². The molecule has 1 saturated carbocycles. The summed E-state index contributed by atoms with van der Waals surface area (Å²) in [5.41, 5.74) is 5.70. The van der Waals surface area contributed by atoms with Crippen molar-refractivity contribution in [2.24, 2.45) is 5.92 Å². The van der Waals surface area contributed by atoms with E-state index in [4.69, 9.17) is 5.73 Å². The minimum Gasteiger partial charge on any atom is -0.398 e. The molecule has 1 aliphatic carbocycles. The predicted molar refractivity (Wildman–Crippen MR) is 76.5 cm³/mol. The Bertz CT molecular complexity index is 707. The smallest absolute Gasteiger partial charge is 0.242 e. The van der Waals surface area contributed by atoms with Gasteiger partial charge < -0.3 is 5.73 Å². The largest absolute Gasteiger partial charge is 0.398 e. The van der Waals surface area contributed by atoms with Crippen LogP contribution in [0.5, 0.6) is 0 Å². The molecule has 2 rings (SSSR count). The number of benzene rings is 1. The molecular formula is C12H18N2O4S2. The lowest BCUT2D eigenvalue weighted by Gasteiger charge is -2.25. The summed E-state index contributed by atoms with van der Waals surface area (Å²) in [5, 5.41) is 0. The second-order valence-corrected chi connectivity index (χ2v) is 8.87. The molecule has 8 heteroatoms. The summed E-state index contributed by atoms with van der Waals surface area (Å²) in [6.45, 7) is 0.366. The molecule has 20 heavy (non-hydrogen) atoms. The molecule has 0 radical (unpaired) electrons. The third-order valence-electron chi connectivity index (χ3n) is 3.49. The van der Waals surface area contributed by atoms with Gasteiger partial charge in [0.15, 0.2) is 9.84 Å². The highest BCUT2D eigenvalue weighted by atomic mass is 32.2. The number of hydrogen-bond acceptors (Lipinski definition) is 5. The average molecular weight is 318 g/mol. The van der Waals surface area contributed by atoms with E-state index in [1.165, 1.54) is 12.1 Å². The van der Waals surface area contributed by atoms with Gasteiger partial charge in [-0.3, -0.25) is 0 Å². The van der Waals surface area contributed by atoms with E-state index in [0.717, 1.165) is 31.6 Å². The fraction of sp³-hybridized carbons (Fsp3) is 0.500. The normalized spacial score (nSPS) is 16.9. The zero-order valence-corrected chi connectivity index (χ0v) is 12.8. The molecule has 1 aliphatic rings. The topological polar surface area (TPSA) is 106 Å². The van der Waals surface area contributed by atoms with Crippen molar-refractivity contribution in [1.29, 1.82) is 0 Å². The van der Waals surface area contributed by atoms with Gasteiger partial charge in [0.2, 0.25) is 10.0 Å². The van der Waals surface area contributed by atoms with Crippen molar-refractivity contribution in [1.82, 2.24) is 4.72 Å². The summed E-state index contributed by atoms with van der Waals surface area (Å²) in [6, 6.07) is 3.71. The molecule has 112 valence electrons. The van der Waals surface area contributed by atoms with Crippen LogP contribution in [-0.4, -0.2) is 29.6 Å². The molecule has 6 nitrogen and oxygen atoms in total. The number of anilines is 1. The summed E-state index contributed by atoms with van der Waals surface area (Å²) in [7, 11) is -7.26. The van der Waals surface area contributed by atoms with Gasteiger partial charge in [-0.25, -0.2) is 21.6 Å². The van der Waals surface area contributed by atoms with Gasteiger partial charge in [-0.1, -0.05) is 6.42 Å². The zero-order valence-electron chi connectivity index (χ0n) is 11.2. The molecule has 0 unspecified atom stereocenters. The van der Waals surface area contributed by atoms with Gasteiger partial charge in [0.1, 0.15) is 4.90 Å². The van der Waals surface area contributed by atoms with E-state index in [1.54, 1.807) is 0 Å². The van der Waals surface area contributed by atoms with Crippen LogP contribution in [0, 0.1) is 5.92 Å². The van der Waals surface area contributed by atoms with E-state index in [-0.39, 0.29) is 15.5 Å². The lowest BCUT2D eigenvalue weighted by molar-refractivity contribution is 0.316. The number of nitrogens with two attached hydrogens (primary N) is 1. The maximum absolute atomic E-state index is 12.2. The zero-order chi connectivity index (χ0) is 15.0. The molecule has 0 atom stereocenters. The minimum atomic E-state index is -3.78. The predicted octanol–water partition coefficient (Wildman–Crippen LogP) is 0.751. The number of nitrogens with one attached hydrogen (secondary N) is 1. The molecule has 1 aromatic rings. The monoisotopic (exact) mass is 318 g/mol. The van der Waals surface area contributed by atoms with Crippen LogP contribution < -0.4 is 10.5 Å². The Labute approximate surface area is 119 Å². The van der Waals surface area contributed by atoms with Crippen LogP contribution in [0.4, 0.5) is 5.69 Å². The summed E-state index contributed by atoms with van der Waals surface area (Å²) in [6.07, 6.45) is 4.18. The van der Waals surface area contributed by atoms with Gasteiger partial charge in [-0.05, 0) is 37.0 Å². The second-order valence-electron chi connectivity index (χ2n) is 5.12. The molecule has 1 fully saturated rings. The van der Waals surface area contributed by atoms with Gasteiger partial charge in [0.25, 0.3) is 0 Å². The summed E-state index contributed by atoms with van der Waals surface area (Å²) < 4.78 is 49.9. The summed E-state index contributed by atoms with van der Waals surface area (Å²) in [5.74, 6) is 0.365. The minimum absolute atomic E-state index is 0.0403. The first-order chi connectivity index (χ1) is 9.20. The maximum Gasteiger partial charge on any atom is 0.242 e. The van der Waals surface area contributed by atoms with E-state index in [2.05, 4.69) is 4.72 Å². The van der Waals surface area contributed by atoms with Crippen molar-refractivity contribution in [3.8, 4) is 0 Å². The molecule has 0 spiro atoms. The lowest BCUT2D eigenvalue weighted by Crippen LogP contribution is -2.32. The van der Waals surface area contributed by atoms with Crippen molar-refractivity contribution in [3.05, 3.63) is 18.2 Å². The van der Waals surface area contributed by atoms with E-state index < -0.39 is 19.9 Å². The highest BCUT2D eigenvalue weighted by Crippen LogP contribution is 2.27. The van der Waals surface area contributed by atoms with E-state index in [9.17, 15) is 16.8 Å². The molecule has 0 aliphatic heterocycles. The van der Waals surface area contributed by atoms with Crippen molar-refractivity contribution in [2.75, 3.05) is 18.5 Å². The fourth-order valence-electron chi connectivity index (χ4n) is 1.98. The number of rotatable bonds is 5. The third-order valence-corrected chi connectivity index (χ3v) is 6.08. The first-order valence-electron chi connectivity index (χ1n) is 6.29. The Morgan fingerprint density at radius 2 is 1.90 bits per heavy atom. The first kappa shape index (κ1) is 15.3. The number of sulfonamides is 1. The molecule has 0 aromatic heterocycles.